The number of benzene rings is 1. The Balaban J connectivity index is 1.95. The van der Waals surface area contributed by atoms with Crippen LogP contribution >= 0.6 is 11.3 Å². The van der Waals surface area contributed by atoms with Gasteiger partial charge in [-0.1, -0.05) is 13.0 Å². The third kappa shape index (κ3) is 3.91. The van der Waals surface area contributed by atoms with Crippen molar-refractivity contribution in [3.05, 3.63) is 55.4 Å². The lowest BCUT2D eigenvalue weighted by Crippen LogP contribution is -2.17. The Morgan fingerprint density at radius 2 is 2.04 bits per heavy atom. The van der Waals surface area contributed by atoms with Crippen molar-refractivity contribution in [2.24, 2.45) is 0 Å². The zero-order valence-electron chi connectivity index (χ0n) is 15.9. The lowest BCUT2D eigenvalue weighted by atomic mass is 9.95. The van der Waals surface area contributed by atoms with Crippen molar-refractivity contribution in [3.8, 4) is 0 Å². The molecule has 0 saturated carbocycles. The number of ether oxygens (including phenoxy) is 1. The van der Waals surface area contributed by atoms with Gasteiger partial charge in [-0.2, -0.15) is 0 Å². The second-order valence-electron chi connectivity index (χ2n) is 6.71. The maximum absolute atomic E-state index is 12.8. The molecular weight excluding hydrogens is 380 g/mol. The molecule has 148 valence electrons. The van der Waals surface area contributed by atoms with E-state index in [0.29, 0.717) is 29.2 Å². The van der Waals surface area contributed by atoms with Gasteiger partial charge in [0.25, 0.3) is 11.6 Å². The van der Waals surface area contributed by atoms with E-state index in [2.05, 4.69) is 5.32 Å². The molecule has 0 spiro atoms. The molecule has 0 unspecified atom stereocenters. The summed E-state index contributed by atoms with van der Waals surface area (Å²) < 4.78 is 5.33. The fraction of sp³-hybridized carbons (Fsp3) is 0.400. The number of amides is 1. The van der Waals surface area contributed by atoms with Gasteiger partial charge < -0.3 is 10.1 Å². The number of nitro groups is 1. The number of carbonyl (C=O) groups excluding carboxylic acids is 2. The van der Waals surface area contributed by atoms with Crippen LogP contribution in [0.2, 0.25) is 0 Å². The van der Waals surface area contributed by atoms with Crippen molar-refractivity contribution in [2.45, 2.75) is 46.0 Å². The fourth-order valence-corrected chi connectivity index (χ4v) is 4.65. The SMILES string of the molecule is CCCOC(=O)c1c(NC(=O)c2cccc([N+](=O)[O-])c2C)sc2c1CCCC2. The number of hydrogen-bond donors (Lipinski definition) is 1. The second kappa shape index (κ2) is 8.52. The smallest absolute Gasteiger partial charge is 0.341 e. The molecular formula is C20H22N2O5S. The Labute approximate surface area is 166 Å². The van der Waals surface area contributed by atoms with Crippen LogP contribution in [-0.2, 0) is 17.6 Å². The normalized spacial score (nSPS) is 12.9. The molecule has 1 N–H and O–H groups in total. The van der Waals surface area contributed by atoms with E-state index in [1.54, 1.807) is 13.0 Å². The molecule has 2 aromatic rings. The Morgan fingerprint density at radius 3 is 2.75 bits per heavy atom. The summed E-state index contributed by atoms with van der Waals surface area (Å²) in [6.07, 6.45) is 4.42. The number of rotatable bonds is 6. The van der Waals surface area contributed by atoms with Crippen molar-refractivity contribution in [2.75, 3.05) is 11.9 Å². The monoisotopic (exact) mass is 402 g/mol. The first kappa shape index (κ1) is 20.0. The second-order valence-corrected chi connectivity index (χ2v) is 7.82. The van der Waals surface area contributed by atoms with E-state index in [1.807, 2.05) is 6.92 Å². The average Bonchev–Trinajstić information content (AvgIpc) is 3.03. The first-order valence-corrected chi connectivity index (χ1v) is 10.1. The average molecular weight is 402 g/mol. The topological polar surface area (TPSA) is 98.5 Å². The Bertz CT molecular complexity index is 935. The molecule has 0 fully saturated rings. The van der Waals surface area contributed by atoms with Crippen LogP contribution in [-0.4, -0.2) is 23.4 Å². The molecule has 1 amide bonds. The quantitative estimate of drug-likeness (QED) is 0.430. The Morgan fingerprint density at radius 1 is 1.29 bits per heavy atom. The highest BCUT2D eigenvalue weighted by Crippen LogP contribution is 2.39. The maximum Gasteiger partial charge on any atom is 0.341 e. The van der Waals surface area contributed by atoms with Crippen LogP contribution in [0.25, 0.3) is 0 Å². The van der Waals surface area contributed by atoms with Gasteiger partial charge in [-0.25, -0.2) is 4.79 Å². The third-order valence-corrected chi connectivity index (χ3v) is 5.99. The summed E-state index contributed by atoms with van der Waals surface area (Å²) in [6.45, 7) is 3.79. The molecule has 0 radical (unpaired) electrons. The van der Waals surface area contributed by atoms with Crippen LogP contribution in [0.3, 0.4) is 0 Å². The summed E-state index contributed by atoms with van der Waals surface area (Å²) in [4.78, 5) is 37.2. The van der Waals surface area contributed by atoms with Gasteiger partial charge >= 0.3 is 5.97 Å². The van der Waals surface area contributed by atoms with Gasteiger partial charge in [0, 0.05) is 22.1 Å². The summed E-state index contributed by atoms with van der Waals surface area (Å²) in [5, 5.41) is 14.4. The van der Waals surface area contributed by atoms with E-state index in [1.165, 1.54) is 23.5 Å². The molecule has 1 heterocycles. The van der Waals surface area contributed by atoms with Crippen molar-refractivity contribution >= 4 is 33.9 Å². The molecule has 0 saturated heterocycles. The minimum Gasteiger partial charge on any atom is -0.462 e. The number of nitro benzene ring substituents is 1. The van der Waals surface area contributed by atoms with E-state index in [9.17, 15) is 19.7 Å². The van der Waals surface area contributed by atoms with E-state index in [0.717, 1.165) is 36.1 Å². The van der Waals surface area contributed by atoms with Crippen LogP contribution in [0.1, 0.15) is 62.9 Å². The van der Waals surface area contributed by atoms with Crippen LogP contribution in [0.4, 0.5) is 10.7 Å². The number of nitrogens with zero attached hydrogens (tertiary/aromatic N) is 1. The third-order valence-electron chi connectivity index (χ3n) is 4.79. The van der Waals surface area contributed by atoms with Gasteiger partial charge in [-0.05, 0) is 50.7 Å². The fourth-order valence-electron chi connectivity index (χ4n) is 3.37. The number of carbonyl (C=O) groups is 2. The van der Waals surface area contributed by atoms with Crippen molar-refractivity contribution in [1.82, 2.24) is 0 Å². The zero-order chi connectivity index (χ0) is 20.3. The predicted octanol–water partition coefficient (Wildman–Crippen LogP) is 4.66. The van der Waals surface area contributed by atoms with Gasteiger partial charge in [0.05, 0.1) is 17.1 Å². The van der Waals surface area contributed by atoms with Crippen LogP contribution in [0.5, 0.6) is 0 Å². The number of thiophene rings is 1. The summed E-state index contributed by atoms with van der Waals surface area (Å²) in [7, 11) is 0. The largest absolute Gasteiger partial charge is 0.462 e. The van der Waals surface area contributed by atoms with Gasteiger partial charge in [0.2, 0.25) is 0 Å². The van der Waals surface area contributed by atoms with Gasteiger partial charge in [0.1, 0.15) is 5.00 Å². The molecule has 8 heteroatoms. The lowest BCUT2D eigenvalue weighted by Gasteiger charge is -2.13. The molecule has 3 rings (SSSR count). The number of nitrogens with one attached hydrogen (secondary N) is 1. The molecule has 1 aromatic heterocycles. The van der Waals surface area contributed by atoms with Crippen LogP contribution < -0.4 is 5.32 Å². The Kier molecular flexibility index (Phi) is 6.08. The number of anilines is 1. The molecule has 1 aromatic carbocycles. The maximum atomic E-state index is 12.8. The summed E-state index contributed by atoms with van der Waals surface area (Å²) in [6, 6.07) is 4.39. The summed E-state index contributed by atoms with van der Waals surface area (Å²) >= 11 is 1.40. The molecule has 0 aliphatic heterocycles. The van der Waals surface area contributed by atoms with Crippen molar-refractivity contribution < 1.29 is 19.2 Å². The lowest BCUT2D eigenvalue weighted by molar-refractivity contribution is -0.385. The highest BCUT2D eigenvalue weighted by Gasteiger charge is 2.28. The highest BCUT2D eigenvalue weighted by atomic mass is 32.1. The minimum atomic E-state index is -0.510. The number of esters is 1. The molecule has 1 aliphatic carbocycles. The standard InChI is InChI=1S/C20H22N2O5S/c1-3-11-27-20(24)17-14-7-4-5-10-16(14)28-19(17)21-18(23)13-8-6-9-15(12(13)2)22(25)26/h6,8-9H,3-5,7,10-11H2,1-2H3,(H,21,23). The highest BCUT2D eigenvalue weighted by molar-refractivity contribution is 7.17. The Hall–Kier alpha value is -2.74. The predicted molar refractivity (Wildman–Crippen MR) is 107 cm³/mol. The molecule has 28 heavy (non-hydrogen) atoms. The number of aryl methyl sites for hydroxylation is 1. The van der Waals surface area contributed by atoms with Gasteiger partial charge in [-0.15, -0.1) is 11.3 Å². The first-order chi connectivity index (χ1) is 13.4. The molecule has 7 nitrogen and oxygen atoms in total. The van der Waals surface area contributed by atoms with Crippen LogP contribution in [0.15, 0.2) is 18.2 Å². The minimum absolute atomic E-state index is 0.110. The number of hydrogen-bond acceptors (Lipinski definition) is 6. The molecule has 1 aliphatic rings. The molecule has 0 bridgehead atoms. The molecule has 0 atom stereocenters. The zero-order valence-corrected chi connectivity index (χ0v) is 16.7. The van der Waals surface area contributed by atoms with Crippen molar-refractivity contribution in [3.63, 3.8) is 0 Å². The summed E-state index contributed by atoms with van der Waals surface area (Å²) in [5.41, 5.74) is 1.79. The van der Waals surface area contributed by atoms with E-state index in [4.69, 9.17) is 4.74 Å². The summed E-state index contributed by atoms with van der Waals surface area (Å²) in [5.74, 6) is -0.892. The van der Waals surface area contributed by atoms with Gasteiger partial charge in [0.15, 0.2) is 0 Å². The van der Waals surface area contributed by atoms with Crippen molar-refractivity contribution in [1.29, 1.82) is 0 Å². The first-order valence-electron chi connectivity index (χ1n) is 9.31. The number of fused-ring (bicyclic) bond motifs is 1. The van der Waals surface area contributed by atoms with Gasteiger partial charge in [-0.3, -0.25) is 14.9 Å². The van der Waals surface area contributed by atoms with E-state index >= 15 is 0 Å². The van der Waals surface area contributed by atoms with E-state index < -0.39 is 16.8 Å². The van der Waals surface area contributed by atoms with E-state index in [-0.39, 0.29) is 11.3 Å². The van der Waals surface area contributed by atoms with Crippen LogP contribution in [0, 0.1) is 17.0 Å².